The quantitative estimate of drug-likeness (QED) is 0.792. The minimum absolute atomic E-state index is 0.198. The molecule has 0 aliphatic rings. The van der Waals surface area contributed by atoms with Gasteiger partial charge in [0.2, 0.25) is 11.7 Å². The second-order valence-electron chi connectivity index (χ2n) is 5.42. The van der Waals surface area contributed by atoms with Crippen molar-refractivity contribution in [2.45, 2.75) is 34.1 Å². The second kappa shape index (κ2) is 6.11. The SMILES string of the molecule is CCOC(=O)c1oc(-c2cn(C)nc2C)nc1CC(C)C. The highest BCUT2D eigenvalue weighted by Crippen LogP contribution is 2.26. The summed E-state index contributed by atoms with van der Waals surface area (Å²) in [6, 6.07) is 0. The van der Waals surface area contributed by atoms with E-state index in [1.54, 1.807) is 11.6 Å². The summed E-state index contributed by atoms with van der Waals surface area (Å²) in [6.07, 6.45) is 2.49. The van der Waals surface area contributed by atoms with Gasteiger partial charge in [-0.3, -0.25) is 4.68 Å². The Bertz CT molecular complexity index is 641. The molecule has 0 atom stereocenters. The summed E-state index contributed by atoms with van der Waals surface area (Å²) in [6.45, 7) is 8.09. The summed E-state index contributed by atoms with van der Waals surface area (Å²) < 4.78 is 12.4. The van der Waals surface area contributed by atoms with Gasteiger partial charge in [-0.2, -0.15) is 5.10 Å². The molecular formula is C15H21N3O3. The van der Waals surface area contributed by atoms with Gasteiger partial charge in [0.15, 0.2) is 0 Å². The van der Waals surface area contributed by atoms with E-state index in [9.17, 15) is 4.79 Å². The lowest BCUT2D eigenvalue weighted by molar-refractivity contribution is 0.0489. The lowest BCUT2D eigenvalue weighted by atomic mass is 10.1. The number of ether oxygens (including phenoxy) is 1. The predicted octanol–water partition coefficient (Wildman–Crippen LogP) is 2.76. The van der Waals surface area contributed by atoms with Crippen LogP contribution in [0.4, 0.5) is 0 Å². The minimum atomic E-state index is -0.464. The first-order valence-electron chi connectivity index (χ1n) is 7.09. The van der Waals surface area contributed by atoms with Crippen LogP contribution in [0.1, 0.15) is 42.7 Å². The monoisotopic (exact) mass is 291 g/mol. The third-order valence-corrected chi connectivity index (χ3v) is 3.00. The Balaban J connectivity index is 2.44. The molecule has 0 saturated carbocycles. The van der Waals surface area contributed by atoms with Crippen molar-refractivity contribution in [1.29, 1.82) is 0 Å². The van der Waals surface area contributed by atoms with Crippen LogP contribution in [0, 0.1) is 12.8 Å². The van der Waals surface area contributed by atoms with Crippen molar-refractivity contribution in [3.05, 3.63) is 23.3 Å². The summed E-state index contributed by atoms with van der Waals surface area (Å²) in [5.74, 6) is 0.516. The fourth-order valence-electron chi connectivity index (χ4n) is 2.16. The first kappa shape index (κ1) is 15.3. The molecule has 0 spiro atoms. The largest absolute Gasteiger partial charge is 0.460 e. The third-order valence-electron chi connectivity index (χ3n) is 3.00. The highest BCUT2D eigenvalue weighted by molar-refractivity contribution is 5.88. The predicted molar refractivity (Wildman–Crippen MR) is 77.9 cm³/mol. The van der Waals surface area contributed by atoms with E-state index < -0.39 is 5.97 Å². The molecule has 114 valence electrons. The van der Waals surface area contributed by atoms with Gasteiger partial charge in [-0.05, 0) is 26.2 Å². The molecule has 0 aliphatic heterocycles. The Morgan fingerprint density at radius 2 is 2.19 bits per heavy atom. The second-order valence-corrected chi connectivity index (χ2v) is 5.42. The number of carbonyl (C=O) groups is 1. The Morgan fingerprint density at radius 3 is 2.71 bits per heavy atom. The van der Waals surface area contributed by atoms with Gasteiger partial charge in [0.1, 0.15) is 0 Å². The van der Waals surface area contributed by atoms with Crippen LogP contribution in [0.2, 0.25) is 0 Å². The Hall–Kier alpha value is -2.11. The number of nitrogens with zero attached hydrogens (tertiary/aromatic N) is 3. The van der Waals surface area contributed by atoms with Crippen LogP contribution in [0.15, 0.2) is 10.6 Å². The van der Waals surface area contributed by atoms with Gasteiger partial charge < -0.3 is 9.15 Å². The van der Waals surface area contributed by atoms with E-state index in [0.29, 0.717) is 30.5 Å². The molecule has 0 aliphatic carbocycles. The average molecular weight is 291 g/mol. The van der Waals surface area contributed by atoms with Crippen LogP contribution >= 0.6 is 0 Å². The molecule has 2 rings (SSSR count). The van der Waals surface area contributed by atoms with Crippen LogP contribution in [-0.2, 0) is 18.2 Å². The molecule has 2 heterocycles. The Labute approximate surface area is 124 Å². The van der Waals surface area contributed by atoms with Gasteiger partial charge in [0.05, 0.1) is 23.6 Å². The Morgan fingerprint density at radius 1 is 1.48 bits per heavy atom. The van der Waals surface area contributed by atoms with Gasteiger partial charge in [0, 0.05) is 13.2 Å². The zero-order valence-electron chi connectivity index (χ0n) is 13.1. The van der Waals surface area contributed by atoms with Crippen LogP contribution in [0.5, 0.6) is 0 Å². The van der Waals surface area contributed by atoms with Crippen LogP contribution < -0.4 is 0 Å². The number of aryl methyl sites for hydroxylation is 2. The number of oxazole rings is 1. The maximum absolute atomic E-state index is 12.0. The molecule has 6 nitrogen and oxygen atoms in total. The molecular weight excluding hydrogens is 270 g/mol. The van der Waals surface area contributed by atoms with E-state index >= 15 is 0 Å². The minimum Gasteiger partial charge on any atom is -0.460 e. The van der Waals surface area contributed by atoms with Gasteiger partial charge in [0.25, 0.3) is 0 Å². The standard InChI is InChI=1S/C15H21N3O3/c1-6-20-15(19)13-12(7-9(2)3)16-14(21-13)11-8-18(5)17-10(11)4/h8-9H,6-7H2,1-5H3. The van der Waals surface area contributed by atoms with Crippen molar-refractivity contribution in [1.82, 2.24) is 14.8 Å². The first-order chi connectivity index (χ1) is 9.92. The first-order valence-corrected chi connectivity index (χ1v) is 7.09. The van der Waals surface area contributed by atoms with Crippen molar-refractivity contribution >= 4 is 5.97 Å². The zero-order valence-corrected chi connectivity index (χ0v) is 13.1. The normalized spacial score (nSPS) is 11.1. The van der Waals surface area contributed by atoms with E-state index in [1.807, 2.05) is 20.2 Å². The van der Waals surface area contributed by atoms with Crippen molar-refractivity contribution in [3.63, 3.8) is 0 Å². The fraction of sp³-hybridized carbons (Fsp3) is 0.533. The molecule has 21 heavy (non-hydrogen) atoms. The van der Waals surface area contributed by atoms with Crippen LogP contribution in [0.3, 0.4) is 0 Å². The molecule has 6 heteroatoms. The lowest BCUT2D eigenvalue weighted by Gasteiger charge is -2.02. The maximum Gasteiger partial charge on any atom is 0.376 e. The molecule has 0 fully saturated rings. The molecule has 2 aromatic rings. The molecule has 0 bridgehead atoms. The van der Waals surface area contributed by atoms with Crippen LogP contribution in [-0.4, -0.2) is 27.3 Å². The van der Waals surface area contributed by atoms with Crippen molar-refractivity contribution < 1.29 is 13.9 Å². The smallest absolute Gasteiger partial charge is 0.376 e. The van der Waals surface area contributed by atoms with Gasteiger partial charge in [-0.1, -0.05) is 13.8 Å². The van der Waals surface area contributed by atoms with Crippen LogP contribution in [0.25, 0.3) is 11.5 Å². The highest BCUT2D eigenvalue weighted by atomic mass is 16.5. The molecule has 2 aromatic heterocycles. The van der Waals surface area contributed by atoms with E-state index in [1.165, 1.54) is 0 Å². The third kappa shape index (κ3) is 3.32. The van der Waals surface area contributed by atoms with E-state index in [4.69, 9.17) is 9.15 Å². The van der Waals surface area contributed by atoms with Gasteiger partial charge >= 0.3 is 5.97 Å². The number of carbonyl (C=O) groups excluding carboxylic acids is 1. The van der Waals surface area contributed by atoms with Crippen molar-refractivity contribution in [2.75, 3.05) is 6.61 Å². The van der Waals surface area contributed by atoms with E-state index in [0.717, 1.165) is 11.3 Å². The average Bonchev–Trinajstić information content (AvgIpc) is 2.92. The van der Waals surface area contributed by atoms with E-state index in [-0.39, 0.29) is 5.76 Å². The number of rotatable bonds is 5. The molecule has 0 saturated heterocycles. The lowest BCUT2D eigenvalue weighted by Crippen LogP contribution is -2.08. The number of hydrogen-bond acceptors (Lipinski definition) is 5. The van der Waals surface area contributed by atoms with Gasteiger partial charge in [-0.25, -0.2) is 9.78 Å². The summed E-state index contributed by atoms with van der Waals surface area (Å²) in [5.41, 5.74) is 2.24. The fourth-order valence-corrected chi connectivity index (χ4v) is 2.16. The molecule has 0 radical (unpaired) electrons. The number of esters is 1. The topological polar surface area (TPSA) is 70.2 Å². The molecule has 0 unspecified atom stereocenters. The summed E-state index contributed by atoms with van der Waals surface area (Å²) in [7, 11) is 1.83. The maximum atomic E-state index is 12.0. The summed E-state index contributed by atoms with van der Waals surface area (Å²) in [4.78, 5) is 16.5. The van der Waals surface area contributed by atoms with E-state index in [2.05, 4.69) is 23.9 Å². The summed E-state index contributed by atoms with van der Waals surface area (Å²) >= 11 is 0. The number of aromatic nitrogens is 3. The van der Waals surface area contributed by atoms with Crippen molar-refractivity contribution in [2.24, 2.45) is 13.0 Å². The molecule has 0 amide bonds. The van der Waals surface area contributed by atoms with Crippen molar-refractivity contribution in [3.8, 4) is 11.5 Å². The zero-order chi connectivity index (χ0) is 15.6. The van der Waals surface area contributed by atoms with Gasteiger partial charge in [-0.15, -0.1) is 0 Å². The molecule has 0 aromatic carbocycles. The number of hydrogen-bond donors (Lipinski definition) is 0. The summed E-state index contributed by atoms with van der Waals surface area (Å²) in [5, 5.41) is 4.27. The molecule has 0 N–H and O–H groups in total. The highest BCUT2D eigenvalue weighted by Gasteiger charge is 2.24. The Kier molecular flexibility index (Phi) is 4.45.